The van der Waals surface area contributed by atoms with Crippen LogP contribution in [0.3, 0.4) is 0 Å². The van der Waals surface area contributed by atoms with Crippen molar-refractivity contribution in [3.63, 3.8) is 0 Å². The highest BCUT2D eigenvalue weighted by Gasteiger charge is 2.30. The summed E-state index contributed by atoms with van der Waals surface area (Å²) in [6.07, 6.45) is 9.74. The maximum atomic E-state index is 13.1. The van der Waals surface area contributed by atoms with Gasteiger partial charge in [-0.15, -0.1) is 0 Å². The fourth-order valence-corrected chi connectivity index (χ4v) is 4.27. The van der Waals surface area contributed by atoms with Gasteiger partial charge < -0.3 is 27.0 Å². The first-order chi connectivity index (χ1) is 16.6. The molecule has 9 nitrogen and oxygen atoms in total. The van der Waals surface area contributed by atoms with E-state index in [2.05, 4.69) is 35.1 Å². The first-order valence-corrected chi connectivity index (χ1v) is 13.5. The van der Waals surface area contributed by atoms with Crippen molar-refractivity contribution in [3.8, 4) is 0 Å². The number of rotatable bonds is 13. The van der Waals surface area contributed by atoms with Crippen molar-refractivity contribution in [2.75, 3.05) is 13.1 Å². The standard InChI is InChI=1S/C26H49N5O4/c1-18(2)12-9-7-5-6-8-10-13-20-16-22(32)28-17-23(33)30-21(14-11-15-27)25(34)31-24(19(3)4)26(35)29-20/h18-21,24H,5-17,27H2,1-4H3,(H,28,32)(H,29,35)(H,30,33)(H,31,34)/t20?,21-,24-/m0/s1. The second-order valence-electron chi connectivity index (χ2n) is 10.6. The fourth-order valence-electron chi connectivity index (χ4n) is 4.27. The van der Waals surface area contributed by atoms with Crippen molar-refractivity contribution < 1.29 is 19.2 Å². The fraction of sp³-hybridized carbons (Fsp3) is 0.846. The lowest BCUT2D eigenvalue weighted by Crippen LogP contribution is -2.56. The lowest BCUT2D eigenvalue weighted by molar-refractivity contribution is -0.133. The van der Waals surface area contributed by atoms with Crippen LogP contribution >= 0.6 is 0 Å². The molecular formula is C26H49N5O4. The number of hydrogen-bond acceptors (Lipinski definition) is 5. The largest absolute Gasteiger partial charge is 0.351 e. The molecule has 0 bridgehead atoms. The Labute approximate surface area is 211 Å². The first kappa shape index (κ1) is 30.9. The average Bonchev–Trinajstić information content (AvgIpc) is 2.79. The van der Waals surface area contributed by atoms with Crippen LogP contribution in [0, 0.1) is 11.8 Å². The summed E-state index contributed by atoms with van der Waals surface area (Å²) in [7, 11) is 0. The Morgan fingerprint density at radius 3 is 2.06 bits per heavy atom. The van der Waals surface area contributed by atoms with Crippen LogP contribution in [0.2, 0.25) is 0 Å². The molecule has 3 atom stereocenters. The number of amides is 4. The Hall–Kier alpha value is -2.16. The van der Waals surface area contributed by atoms with Crippen molar-refractivity contribution in [1.82, 2.24) is 21.3 Å². The molecule has 4 amide bonds. The highest BCUT2D eigenvalue weighted by molar-refractivity contribution is 5.94. The third-order valence-corrected chi connectivity index (χ3v) is 6.40. The average molecular weight is 496 g/mol. The van der Waals surface area contributed by atoms with Gasteiger partial charge in [0.1, 0.15) is 12.1 Å². The van der Waals surface area contributed by atoms with Gasteiger partial charge in [-0.2, -0.15) is 0 Å². The van der Waals surface area contributed by atoms with Gasteiger partial charge >= 0.3 is 0 Å². The SMILES string of the molecule is CC(C)CCCCCCCCC1CC(=O)NCC(=O)N[C@@H](CCCN)C(=O)N[C@@H](C(C)C)C(=O)N1. The van der Waals surface area contributed by atoms with E-state index in [0.717, 1.165) is 25.2 Å². The van der Waals surface area contributed by atoms with Crippen LogP contribution < -0.4 is 27.0 Å². The Bertz CT molecular complexity index is 668. The summed E-state index contributed by atoms with van der Waals surface area (Å²) >= 11 is 0. The van der Waals surface area contributed by atoms with Crippen LogP contribution in [0.4, 0.5) is 0 Å². The highest BCUT2D eigenvalue weighted by Crippen LogP contribution is 2.14. The molecule has 9 heteroatoms. The van der Waals surface area contributed by atoms with Gasteiger partial charge in [0, 0.05) is 12.5 Å². The molecule has 0 aromatic carbocycles. The van der Waals surface area contributed by atoms with Gasteiger partial charge in [0.15, 0.2) is 0 Å². The zero-order chi connectivity index (χ0) is 26.2. The van der Waals surface area contributed by atoms with Gasteiger partial charge in [-0.25, -0.2) is 0 Å². The zero-order valence-electron chi connectivity index (χ0n) is 22.3. The van der Waals surface area contributed by atoms with Gasteiger partial charge in [0.05, 0.1) is 6.54 Å². The van der Waals surface area contributed by atoms with Crippen molar-refractivity contribution in [2.24, 2.45) is 17.6 Å². The summed E-state index contributed by atoms with van der Waals surface area (Å²) in [6.45, 7) is 8.38. The Morgan fingerprint density at radius 2 is 1.43 bits per heavy atom. The molecule has 0 saturated carbocycles. The van der Waals surface area contributed by atoms with E-state index in [1.807, 2.05) is 13.8 Å². The first-order valence-electron chi connectivity index (χ1n) is 13.5. The van der Waals surface area contributed by atoms with Crippen molar-refractivity contribution in [2.45, 2.75) is 116 Å². The molecule has 0 aliphatic carbocycles. The normalized spacial score (nSPS) is 22.5. The molecule has 1 rings (SSSR count). The molecule has 1 heterocycles. The monoisotopic (exact) mass is 495 g/mol. The molecule has 202 valence electrons. The maximum Gasteiger partial charge on any atom is 0.243 e. The molecule has 1 unspecified atom stereocenters. The summed E-state index contributed by atoms with van der Waals surface area (Å²) in [5, 5.41) is 11.1. The van der Waals surface area contributed by atoms with E-state index in [9.17, 15) is 19.2 Å². The van der Waals surface area contributed by atoms with E-state index in [0.29, 0.717) is 25.8 Å². The third kappa shape index (κ3) is 13.5. The Morgan fingerprint density at radius 1 is 0.771 bits per heavy atom. The Balaban J connectivity index is 2.77. The van der Waals surface area contributed by atoms with E-state index >= 15 is 0 Å². The molecule has 0 spiro atoms. The summed E-state index contributed by atoms with van der Waals surface area (Å²) in [6, 6.07) is -1.92. The minimum Gasteiger partial charge on any atom is -0.351 e. The molecule has 1 aliphatic heterocycles. The van der Waals surface area contributed by atoms with Crippen molar-refractivity contribution in [1.29, 1.82) is 0 Å². The van der Waals surface area contributed by atoms with Crippen LogP contribution in [-0.2, 0) is 19.2 Å². The van der Waals surface area contributed by atoms with Crippen LogP contribution in [-0.4, -0.2) is 54.8 Å². The number of nitrogens with one attached hydrogen (secondary N) is 4. The van der Waals surface area contributed by atoms with Crippen LogP contribution in [0.1, 0.15) is 98.3 Å². The summed E-state index contributed by atoms with van der Waals surface area (Å²) in [4.78, 5) is 50.8. The summed E-state index contributed by atoms with van der Waals surface area (Å²) in [5.41, 5.74) is 5.57. The predicted octanol–water partition coefficient (Wildman–Crippen LogP) is 2.13. The van der Waals surface area contributed by atoms with E-state index in [1.54, 1.807) is 0 Å². The zero-order valence-corrected chi connectivity index (χ0v) is 22.3. The lowest BCUT2D eigenvalue weighted by atomic mass is 9.99. The minimum absolute atomic E-state index is 0.1000. The van der Waals surface area contributed by atoms with Gasteiger partial charge in [-0.1, -0.05) is 72.6 Å². The lowest BCUT2D eigenvalue weighted by Gasteiger charge is -2.27. The molecule has 0 aromatic heterocycles. The van der Waals surface area contributed by atoms with Gasteiger partial charge in [0.2, 0.25) is 23.6 Å². The van der Waals surface area contributed by atoms with Crippen LogP contribution in [0.5, 0.6) is 0 Å². The minimum atomic E-state index is -0.811. The highest BCUT2D eigenvalue weighted by atomic mass is 16.2. The second kappa shape index (κ2) is 17.3. The number of hydrogen-bond donors (Lipinski definition) is 5. The molecule has 0 radical (unpaired) electrons. The van der Waals surface area contributed by atoms with Gasteiger partial charge in [-0.05, 0) is 37.6 Å². The smallest absolute Gasteiger partial charge is 0.243 e. The van der Waals surface area contributed by atoms with Crippen molar-refractivity contribution in [3.05, 3.63) is 0 Å². The number of nitrogens with two attached hydrogens (primary N) is 1. The molecule has 1 aliphatic rings. The topological polar surface area (TPSA) is 142 Å². The number of carbonyl (C=O) groups excluding carboxylic acids is 4. The van der Waals surface area contributed by atoms with Crippen LogP contribution in [0.15, 0.2) is 0 Å². The van der Waals surface area contributed by atoms with E-state index in [-0.39, 0.29) is 36.7 Å². The molecule has 0 aromatic rings. The van der Waals surface area contributed by atoms with Crippen molar-refractivity contribution >= 4 is 23.6 Å². The second-order valence-corrected chi connectivity index (χ2v) is 10.6. The molecular weight excluding hydrogens is 446 g/mol. The molecule has 1 saturated heterocycles. The van der Waals surface area contributed by atoms with E-state index in [1.165, 1.54) is 25.7 Å². The van der Waals surface area contributed by atoms with E-state index < -0.39 is 23.9 Å². The third-order valence-electron chi connectivity index (χ3n) is 6.40. The number of unbranched alkanes of at least 4 members (excludes halogenated alkanes) is 5. The Kier molecular flexibility index (Phi) is 15.3. The summed E-state index contributed by atoms with van der Waals surface area (Å²) < 4.78 is 0. The molecule has 1 fully saturated rings. The molecule has 35 heavy (non-hydrogen) atoms. The van der Waals surface area contributed by atoms with E-state index in [4.69, 9.17) is 5.73 Å². The quantitative estimate of drug-likeness (QED) is 0.249. The van der Waals surface area contributed by atoms with Crippen LogP contribution in [0.25, 0.3) is 0 Å². The maximum absolute atomic E-state index is 13.1. The molecule has 6 N–H and O–H groups in total. The summed E-state index contributed by atoms with van der Waals surface area (Å²) in [5.74, 6) is -0.864. The number of carbonyl (C=O) groups is 4. The van der Waals surface area contributed by atoms with Gasteiger partial charge in [0.25, 0.3) is 0 Å². The van der Waals surface area contributed by atoms with Gasteiger partial charge in [-0.3, -0.25) is 19.2 Å². The predicted molar refractivity (Wildman–Crippen MR) is 138 cm³/mol.